The van der Waals surface area contributed by atoms with Crippen molar-refractivity contribution in [2.75, 3.05) is 6.61 Å². The number of para-hydroxylation sites is 1. The number of aromatic amines is 1. The Morgan fingerprint density at radius 1 is 1.20 bits per heavy atom. The van der Waals surface area contributed by atoms with Gasteiger partial charge in [0.05, 0.1) is 17.5 Å². The van der Waals surface area contributed by atoms with Crippen molar-refractivity contribution in [3.8, 4) is 11.4 Å². The van der Waals surface area contributed by atoms with Crippen molar-refractivity contribution in [2.45, 2.75) is 33.6 Å². The molecule has 0 saturated carbocycles. The third kappa shape index (κ3) is 4.86. The molecule has 0 radical (unpaired) electrons. The van der Waals surface area contributed by atoms with Crippen LogP contribution in [0.25, 0.3) is 5.69 Å². The van der Waals surface area contributed by atoms with Gasteiger partial charge in [-0.2, -0.15) is 5.10 Å². The molecule has 1 heterocycles. The lowest BCUT2D eigenvalue weighted by Gasteiger charge is -2.14. The average molecular weight is 406 g/mol. The zero-order valence-electron chi connectivity index (χ0n) is 17.6. The second kappa shape index (κ2) is 9.26. The average Bonchev–Trinajstić information content (AvgIpc) is 3.01. The van der Waals surface area contributed by atoms with Crippen LogP contribution in [-0.2, 0) is 4.79 Å². The number of benzene rings is 2. The summed E-state index contributed by atoms with van der Waals surface area (Å²) in [6, 6.07) is 15.2. The number of aromatic nitrogens is 2. The minimum Gasteiger partial charge on any atom is -0.483 e. The molecule has 30 heavy (non-hydrogen) atoms. The number of ether oxygens (including phenoxy) is 1. The van der Waals surface area contributed by atoms with E-state index >= 15 is 0 Å². The van der Waals surface area contributed by atoms with Crippen LogP contribution in [0, 0.1) is 13.8 Å². The highest BCUT2D eigenvalue weighted by molar-refractivity contribution is 5.83. The van der Waals surface area contributed by atoms with Gasteiger partial charge in [0.1, 0.15) is 5.75 Å². The van der Waals surface area contributed by atoms with Gasteiger partial charge in [0.2, 0.25) is 0 Å². The van der Waals surface area contributed by atoms with Gasteiger partial charge in [-0.05, 0) is 49.1 Å². The Labute approximate surface area is 175 Å². The molecular formula is C23H26N4O3. The number of aryl methyl sites for hydroxylation is 2. The molecule has 3 rings (SSSR count). The van der Waals surface area contributed by atoms with E-state index in [9.17, 15) is 9.59 Å². The van der Waals surface area contributed by atoms with Crippen LogP contribution >= 0.6 is 0 Å². The molecule has 3 aromatic rings. The second-order valence-corrected chi connectivity index (χ2v) is 7.40. The fourth-order valence-electron chi connectivity index (χ4n) is 3.06. The Kier molecular flexibility index (Phi) is 6.51. The number of H-pyrrole nitrogens is 1. The largest absolute Gasteiger partial charge is 0.483 e. The normalized spacial score (nSPS) is 11.2. The van der Waals surface area contributed by atoms with Gasteiger partial charge >= 0.3 is 0 Å². The highest BCUT2D eigenvalue weighted by atomic mass is 16.5. The fourth-order valence-corrected chi connectivity index (χ4v) is 3.06. The predicted molar refractivity (Wildman–Crippen MR) is 118 cm³/mol. The van der Waals surface area contributed by atoms with E-state index in [4.69, 9.17) is 4.74 Å². The maximum Gasteiger partial charge on any atom is 0.280 e. The smallest absolute Gasteiger partial charge is 0.280 e. The summed E-state index contributed by atoms with van der Waals surface area (Å²) in [5, 5.41) is 6.93. The maximum absolute atomic E-state index is 12.6. The second-order valence-electron chi connectivity index (χ2n) is 7.40. The van der Waals surface area contributed by atoms with Gasteiger partial charge in [-0.15, -0.1) is 0 Å². The first kappa shape index (κ1) is 21.1. The Morgan fingerprint density at radius 2 is 1.93 bits per heavy atom. The number of amides is 1. The van der Waals surface area contributed by atoms with Crippen LogP contribution in [0.4, 0.5) is 0 Å². The van der Waals surface area contributed by atoms with Gasteiger partial charge in [-0.25, -0.2) is 10.1 Å². The minimum absolute atomic E-state index is 0.166. The summed E-state index contributed by atoms with van der Waals surface area (Å²) < 4.78 is 7.13. The number of hydrazone groups is 1. The summed E-state index contributed by atoms with van der Waals surface area (Å²) in [5.74, 6) is 0.570. The van der Waals surface area contributed by atoms with Crippen molar-refractivity contribution in [1.29, 1.82) is 0 Å². The molecule has 2 aromatic carbocycles. The van der Waals surface area contributed by atoms with Gasteiger partial charge in [-0.1, -0.05) is 44.2 Å². The third-order valence-corrected chi connectivity index (χ3v) is 4.66. The standard InChI is InChI=1S/C23H26N4O3/c1-15(2)19-11-10-16(3)12-21(19)30-14-22(28)25-24-13-20-17(4)26-27(23(20)29)18-8-6-5-7-9-18/h5-13,15,26H,14H2,1-4H3,(H,25,28). The van der Waals surface area contributed by atoms with Crippen LogP contribution in [0.3, 0.4) is 0 Å². The molecule has 0 unspecified atom stereocenters. The van der Waals surface area contributed by atoms with Crippen LogP contribution in [0.2, 0.25) is 0 Å². The topological polar surface area (TPSA) is 88.5 Å². The first-order chi connectivity index (χ1) is 14.4. The Hall–Kier alpha value is -3.61. The van der Waals surface area contributed by atoms with E-state index in [0.29, 0.717) is 17.0 Å². The lowest BCUT2D eigenvalue weighted by molar-refractivity contribution is -0.123. The van der Waals surface area contributed by atoms with Gasteiger partial charge < -0.3 is 4.74 Å². The molecule has 7 heteroatoms. The van der Waals surface area contributed by atoms with Gasteiger partial charge in [0.15, 0.2) is 6.61 Å². The SMILES string of the molecule is Cc1ccc(C(C)C)c(OCC(=O)NN=Cc2c(C)[nH]n(-c3ccccc3)c2=O)c1. The summed E-state index contributed by atoms with van der Waals surface area (Å²) in [4.78, 5) is 24.7. The molecular weight excluding hydrogens is 380 g/mol. The van der Waals surface area contributed by atoms with Crippen molar-refractivity contribution in [1.82, 2.24) is 15.2 Å². The molecule has 0 bridgehead atoms. The summed E-state index contributed by atoms with van der Waals surface area (Å²) in [6.07, 6.45) is 1.34. The molecule has 0 aliphatic heterocycles. The molecule has 0 fully saturated rings. The molecule has 0 spiro atoms. The van der Waals surface area contributed by atoms with E-state index in [-0.39, 0.29) is 18.1 Å². The fraction of sp³-hybridized carbons (Fsp3) is 0.261. The highest BCUT2D eigenvalue weighted by Crippen LogP contribution is 2.27. The van der Waals surface area contributed by atoms with Crippen molar-refractivity contribution < 1.29 is 9.53 Å². The molecule has 0 saturated heterocycles. The van der Waals surface area contributed by atoms with E-state index in [0.717, 1.165) is 16.8 Å². The van der Waals surface area contributed by atoms with Crippen molar-refractivity contribution >= 4 is 12.1 Å². The van der Waals surface area contributed by atoms with Gasteiger partial charge in [0.25, 0.3) is 11.5 Å². The third-order valence-electron chi connectivity index (χ3n) is 4.66. The van der Waals surface area contributed by atoms with E-state index in [2.05, 4.69) is 29.5 Å². The van der Waals surface area contributed by atoms with Crippen molar-refractivity contribution in [3.05, 3.63) is 81.3 Å². The van der Waals surface area contributed by atoms with Gasteiger partial charge in [0, 0.05) is 5.69 Å². The Morgan fingerprint density at radius 3 is 2.63 bits per heavy atom. The summed E-state index contributed by atoms with van der Waals surface area (Å²) >= 11 is 0. The molecule has 1 aromatic heterocycles. The molecule has 2 N–H and O–H groups in total. The summed E-state index contributed by atoms with van der Waals surface area (Å²) in [6.45, 7) is 7.73. The lowest BCUT2D eigenvalue weighted by atomic mass is 10.0. The van der Waals surface area contributed by atoms with Crippen molar-refractivity contribution in [3.63, 3.8) is 0 Å². The van der Waals surface area contributed by atoms with E-state index in [1.54, 1.807) is 6.92 Å². The number of hydrogen-bond donors (Lipinski definition) is 2. The number of hydrogen-bond acceptors (Lipinski definition) is 4. The Bertz CT molecular complexity index is 1110. The molecule has 0 atom stereocenters. The lowest BCUT2D eigenvalue weighted by Crippen LogP contribution is -2.25. The monoisotopic (exact) mass is 406 g/mol. The minimum atomic E-state index is -0.404. The molecule has 7 nitrogen and oxygen atoms in total. The van der Waals surface area contributed by atoms with Crippen LogP contribution < -0.4 is 15.7 Å². The first-order valence-corrected chi connectivity index (χ1v) is 9.79. The quantitative estimate of drug-likeness (QED) is 0.465. The first-order valence-electron chi connectivity index (χ1n) is 9.79. The van der Waals surface area contributed by atoms with Crippen LogP contribution in [0.5, 0.6) is 5.75 Å². The summed E-state index contributed by atoms with van der Waals surface area (Å²) in [5.41, 5.74) is 6.03. The van der Waals surface area contributed by atoms with Gasteiger partial charge in [-0.3, -0.25) is 14.7 Å². The van der Waals surface area contributed by atoms with Crippen LogP contribution in [0.1, 0.15) is 42.1 Å². The number of carbonyl (C=O) groups excluding carboxylic acids is 1. The van der Waals surface area contributed by atoms with E-state index in [1.807, 2.05) is 55.5 Å². The zero-order valence-corrected chi connectivity index (χ0v) is 17.6. The number of carbonyl (C=O) groups is 1. The summed E-state index contributed by atoms with van der Waals surface area (Å²) in [7, 11) is 0. The maximum atomic E-state index is 12.6. The zero-order chi connectivity index (χ0) is 21.7. The highest BCUT2D eigenvalue weighted by Gasteiger charge is 2.12. The molecule has 156 valence electrons. The molecule has 1 amide bonds. The molecule has 0 aliphatic carbocycles. The van der Waals surface area contributed by atoms with Crippen LogP contribution in [0.15, 0.2) is 58.4 Å². The number of nitrogens with zero attached hydrogens (tertiary/aromatic N) is 2. The number of rotatable bonds is 7. The van der Waals surface area contributed by atoms with E-state index in [1.165, 1.54) is 10.9 Å². The molecule has 0 aliphatic rings. The van der Waals surface area contributed by atoms with Crippen LogP contribution in [-0.4, -0.2) is 28.5 Å². The van der Waals surface area contributed by atoms with E-state index < -0.39 is 5.91 Å². The Balaban J connectivity index is 1.64. The van der Waals surface area contributed by atoms with Crippen molar-refractivity contribution in [2.24, 2.45) is 5.10 Å². The predicted octanol–water partition coefficient (Wildman–Crippen LogP) is 3.43. The number of nitrogens with one attached hydrogen (secondary N) is 2.